The molecule has 58 heavy (non-hydrogen) atoms. The van der Waals surface area contributed by atoms with Gasteiger partial charge in [0.05, 0.1) is 26.3 Å². The average Bonchev–Trinajstić information content (AvgIpc) is 3.20. The molecule has 12 heteroatoms. The molecular weight excluding hydrogens is 741 g/mol. The number of carbonyl (C=O) groups is 4. The lowest BCUT2D eigenvalue weighted by molar-refractivity contribution is -0.148. The first-order chi connectivity index (χ1) is 27.2. The number of hydrogen-bond acceptors (Lipinski definition) is 10. The van der Waals surface area contributed by atoms with E-state index < -0.39 is 34.3 Å². The van der Waals surface area contributed by atoms with Crippen LogP contribution < -0.4 is 20.1 Å². The Morgan fingerprint density at radius 1 is 0.569 bits per heavy atom. The van der Waals surface area contributed by atoms with Crippen LogP contribution in [-0.2, 0) is 43.5 Å². The van der Waals surface area contributed by atoms with Crippen molar-refractivity contribution in [2.75, 3.05) is 39.5 Å². The highest BCUT2D eigenvalue weighted by Crippen LogP contribution is 2.35. The van der Waals surface area contributed by atoms with Crippen molar-refractivity contribution in [3.63, 3.8) is 0 Å². The van der Waals surface area contributed by atoms with Crippen molar-refractivity contribution in [1.82, 2.24) is 10.6 Å². The summed E-state index contributed by atoms with van der Waals surface area (Å²) >= 11 is 0. The molecule has 2 aromatic carbocycles. The van der Waals surface area contributed by atoms with Crippen LogP contribution in [0.5, 0.6) is 11.5 Å². The molecule has 0 aliphatic carbocycles. The SMILES string of the molecule is C=CC(=O)OCCNC(=O)C(C)(C)OCCC(C)(CC)Oc1ccc(C(C)(C)c2ccc(OC(C)(CC)CCOC(C)(CC)C(=O)NCCOC(=O)C=C)cc2)cc1. The van der Waals surface area contributed by atoms with Gasteiger partial charge in [0.25, 0.3) is 11.8 Å². The van der Waals surface area contributed by atoms with E-state index >= 15 is 0 Å². The molecule has 0 saturated carbocycles. The number of amides is 2. The van der Waals surface area contributed by atoms with Gasteiger partial charge in [-0.1, -0.05) is 72.0 Å². The maximum Gasteiger partial charge on any atom is 0.330 e. The maximum absolute atomic E-state index is 12.9. The fourth-order valence-corrected chi connectivity index (χ4v) is 5.77. The van der Waals surface area contributed by atoms with Gasteiger partial charge in [0, 0.05) is 30.4 Å². The van der Waals surface area contributed by atoms with E-state index in [1.807, 2.05) is 45.0 Å². The molecular formula is C46H68N2O10. The fourth-order valence-electron chi connectivity index (χ4n) is 5.77. The van der Waals surface area contributed by atoms with Crippen LogP contribution in [0.15, 0.2) is 73.8 Å². The Kier molecular flexibility index (Phi) is 19.2. The van der Waals surface area contributed by atoms with Gasteiger partial charge in [0.2, 0.25) is 0 Å². The Morgan fingerprint density at radius 3 is 1.34 bits per heavy atom. The van der Waals surface area contributed by atoms with Crippen molar-refractivity contribution in [2.45, 2.75) is 129 Å². The molecule has 0 radical (unpaired) electrons. The first kappa shape index (κ1) is 49.5. The summed E-state index contributed by atoms with van der Waals surface area (Å²) in [4.78, 5) is 48.0. The normalized spacial score (nSPS) is 14.7. The van der Waals surface area contributed by atoms with E-state index in [0.29, 0.717) is 32.5 Å². The van der Waals surface area contributed by atoms with E-state index in [9.17, 15) is 19.2 Å². The van der Waals surface area contributed by atoms with E-state index in [1.54, 1.807) is 20.8 Å². The molecule has 2 aromatic rings. The number of hydrogen-bond donors (Lipinski definition) is 2. The molecule has 0 fully saturated rings. The van der Waals surface area contributed by atoms with Crippen molar-refractivity contribution in [2.24, 2.45) is 0 Å². The Bertz CT molecular complexity index is 1660. The molecule has 0 aliphatic rings. The van der Waals surface area contributed by atoms with Crippen LogP contribution in [0.4, 0.5) is 0 Å². The zero-order chi connectivity index (χ0) is 43.6. The highest BCUT2D eigenvalue weighted by atomic mass is 16.5. The monoisotopic (exact) mass is 808 g/mol. The molecule has 3 atom stereocenters. The quantitative estimate of drug-likeness (QED) is 0.0527. The predicted octanol–water partition coefficient (Wildman–Crippen LogP) is 7.56. The third-order valence-corrected chi connectivity index (χ3v) is 10.8. The van der Waals surface area contributed by atoms with E-state index in [0.717, 1.165) is 47.6 Å². The highest BCUT2D eigenvalue weighted by molar-refractivity contribution is 5.85. The van der Waals surface area contributed by atoms with Gasteiger partial charge in [-0.3, -0.25) is 9.59 Å². The Hall–Kier alpha value is -4.68. The third-order valence-electron chi connectivity index (χ3n) is 10.8. The minimum absolute atomic E-state index is 0.0503. The highest BCUT2D eigenvalue weighted by Gasteiger charge is 2.35. The Morgan fingerprint density at radius 2 is 0.966 bits per heavy atom. The number of ether oxygens (including phenoxy) is 6. The first-order valence-electron chi connectivity index (χ1n) is 20.2. The van der Waals surface area contributed by atoms with Crippen molar-refractivity contribution in [3.8, 4) is 11.5 Å². The van der Waals surface area contributed by atoms with Crippen LogP contribution in [0.2, 0.25) is 0 Å². The molecule has 2 amide bonds. The molecule has 12 nitrogen and oxygen atoms in total. The van der Waals surface area contributed by atoms with Gasteiger partial charge in [0.1, 0.15) is 47.1 Å². The minimum atomic E-state index is -1.08. The summed E-state index contributed by atoms with van der Waals surface area (Å²) < 4.78 is 35.0. The number of carbonyl (C=O) groups excluding carboxylic acids is 4. The summed E-state index contributed by atoms with van der Waals surface area (Å²) in [6.45, 7) is 27.4. The lowest BCUT2D eigenvalue weighted by Gasteiger charge is -2.33. The zero-order valence-electron chi connectivity index (χ0n) is 36.5. The van der Waals surface area contributed by atoms with Gasteiger partial charge in [0.15, 0.2) is 0 Å². The summed E-state index contributed by atoms with van der Waals surface area (Å²) in [5, 5.41) is 5.52. The van der Waals surface area contributed by atoms with Crippen LogP contribution in [0.25, 0.3) is 0 Å². The maximum atomic E-state index is 12.9. The van der Waals surface area contributed by atoms with Crippen LogP contribution in [0.3, 0.4) is 0 Å². The second kappa shape index (κ2) is 22.5. The number of rotatable bonds is 27. The third kappa shape index (κ3) is 15.2. The van der Waals surface area contributed by atoms with Gasteiger partial charge in [-0.25, -0.2) is 9.59 Å². The Labute approximate surface area is 346 Å². The lowest BCUT2D eigenvalue weighted by atomic mass is 9.78. The van der Waals surface area contributed by atoms with E-state index in [2.05, 4.69) is 75.8 Å². The molecule has 2 rings (SSSR count). The zero-order valence-corrected chi connectivity index (χ0v) is 36.5. The van der Waals surface area contributed by atoms with Crippen LogP contribution in [0.1, 0.15) is 112 Å². The topological polar surface area (TPSA) is 148 Å². The smallest absolute Gasteiger partial charge is 0.330 e. The van der Waals surface area contributed by atoms with Gasteiger partial charge in [-0.2, -0.15) is 0 Å². The average molecular weight is 809 g/mol. The van der Waals surface area contributed by atoms with Gasteiger partial charge in [-0.05, 0) is 89.3 Å². The lowest BCUT2D eigenvalue weighted by Crippen LogP contribution is -2.48. The van der Waals surface area contributed by atoms with Crippen LogP contribution in [0, 0.1) is 0 Å². The number of benzene rings is 2. The molecule has 322 valence electrons. The van der Waals surface area contributed by atoms with Crippen molar-refractivity contribution in [1.29, 1.82) is 0 Å². The predicted molar refractivity (Wildman–Crippen MR) is 226 cm³/mol. The van der Waals surface area contributed by atoms with E-state index in [-0.39, 0.29) is 43.5 Å². The molecule has 0 bridgehead atoms. The van der Waals surface area contributed by atoms with Crippen molar-refractivity contribution >= 4 is 23.8 Å². The number of esters is 2. The molecule has 0 aromatic heterocycles. The van der Waals surface area contributed by atoms with E-state index in [4.69, 9.17) is 28.4 Å². The summed E-state index contributed by atoms with van der Waals surface area (Å²) in [7, 11) is 0. The van der Waals surface area contributed by atoms with E-state index in [1.165, 1.54) is 0 Å². The summed E-state index contributed by atoms with van der Waals surface area (Å²) in [6.07, 6.45) is 5.23. The van der Waals surface area contributed by atoms with Gasteiger partial charge < -0.3 is 39.1 Å². The Balaban J connectivity index is 1.97. The van der Waals surface area contributed by atoms with Gasteiger partial charge in [-0.15, -0.1) is 0 Å². The molecule has 0 saturated heterocycles. The molecule has 0 aliphatic heterocycles. The van der Waals surface area contributed by atoms with Crippen LogP contribution >= 0.6 is 0 Å². The van der Waals surface area contributed by atoms with Crippen molar-refractivity contribution in [3.05, 3.63) is 85.0 Å². The van der Waals surface area contributed by atoms with Crippen LogP contribution in [-0.4, -0.2) is 85.7 Å². The second-order valence-electron chi connectivity index (χ2n) is 16.0. The summed E-state index contributed by atoms with van der Waals surface area (Å²) in [6, 6.07) is 16.3. The summed E-state index contributed by atoms with van der Waals surface area (Å²) in [5.41, 5.74) is -1.22. The standard InChI is InChI=1S/C46H68N2O10/c1-13-38(49)53-32-28-47-40(51)43(8,9)55-30-26-44(10,15-3)57-36-22-18-34(19-23-36)42(6,7)35-20-24-37(25-21-35)58-45(11,16-4)27-31-56-46(12,17-5)41(52)48-29-33-54-39(50)14-2/h13-14,18-25H,1-2,15-17,26-33H2,3-12H3,(H,47,51)(H,48,52). The van der Waals surface area contributed by atoms with Crippen molar-refractivity contribution < 1.29 is 47.6 Å². The second-order valence-corrected chi connectivity index (χ2v) is 16.0. The molecule has 0 heterocycles. The molecule has 0 spiro atoms. The minimum Gasteiger partial charge on any atom is -0.488 e. The first-order valence-corrected chi connectivity index (χ1v) is 20.2. The molecule has 3 unspecified atom stereocenters. The van der Waals surface area contributed by atoms with Gasteiger partial charge >= 0.3 is 11.9 Å². The summed E-state index contributed by atoms with van der Waals surface area (Å²) in [5.74, 6) is -0.152. The largest absolute Gasteiger partial charge is 0.488 e. The number of nitrogens with one attached hydrogen (secondary N) is 2. The molecule has 2 N–H and O–H groups in total. The fraction of sp³-hybridized carbons (Fsp3) is 0.565.